The molecule has 0 aliphatic carbocycles. The third kappa shape index (κ3) is 2.47. The zero-order chi connectivity index (χ0) is 8.27. The average Bonchev–Trinajstić information content (AvgIpc) is 2.05. The van der Waals surface area contributed by atoms with E-state index in [1.165, 1.54) is 12.8 Å². The molecule has 3 nitrogen and oxygen atoms in total. The van der Waals surface area contributed by atoms with Crippen LogP contribution in [-0.4, -0.2) is 43.1 Å². The standard InChI is InChI=1S/C7H17BN2O/c1-8(11)10(2)7-4-3-5-9-6-7/h7,9,11H,3-6H2,1-2H3/t7-/m1/s1. The monoisotopic (exact) mass is 156 g/mol. The molecule has 1 aliphatic rings. The highest BCUT2D eigenvalue weighted by molar-refractivity contribution is 6.45. The van der Waals surface area contributed by atoms with Crippen LogP contribution in [0.3, 0.4) is 0 Å². The van der Waals surface area contributed by atoms with Gasteiger partial charge in [-0.3, -0.25) is 0 Å². The van der Waals surface area contributed by atoms with Gasteiger partial charge < -0.3 is 15.2 Å². The van der Waals surface area contributed by atoms with E-state index in [1.807, 2.05) is 18.7 Å². The lowest BCUT2D eigenvalue weighted by Crippen LogP contribution is -2.49. The van der Waals surface area contributed by atoms with Crippen LogP contribution in [0.25, 0.3) is 0 Å². The molecule has 11 heavy (non-hydrogen) atoms. The summed E-state index contributed by atoms with van der Waals surface area (Å²) in [4.78, 5) is 2.02. The van der Waals surface area contributed by atoms with Crippen molar-refractivity contribution in [3.8, 4) is 0 Å². The fourth-order valence-electron chi connectivity index (χ4n) is 1.49. The number of nitrogens with one attached hydrogen (secondary N) is 1. The van der Waals surface area contributed by atoms with Gasteiger partial charge in [0.1, 0.15) is 0 Å². The molecule has 1 rings (SSSR count). The zero-order valence-electron chi connectivity index (χ0n) is 7.38. The summed E-state index contributed by atoms with van der Waals surface area (Å²) < 4.78 is 0. The Hall–Kier alpha value is -0.0551. The second-order valence-electron chi connectivity index (χ2n) is 3.30. The molecule has 0 aromatic carbocycles. The highest BCUT2D eigenvalue weighted by Gasteiger charge is 2.22. The topological polar surface area (TPSA) is 35.5 Å². The minimum absolute atomic E-state index is 0.320. The lowest BCUT2D eigenvalue weighted by Gasteiger charge is -2.32. The largest absolute Gasteiger partial charge is 0.437 e. The van der Waals surface area contributed by atoms with Crippen molar-refractivity contribution in [1.82, 2.24) is 10.1 Å². The van der Waals surface area contributed by atoms with Gasteiger partial charge in [-0.25, -0.2) is 0 Å². The summed E-state index contributed by atoms with van der Waals surface area (Å²) in [5.74, 6) is 0. The summed E-state index contributed by atoms with van der Waals surface area (Å²) in [6.07, 6.45) is 2.43. The van der Waals surface area contributed by atoms with Crippen molar-refractivity contribution < 1.29 is 5.02 Å². The number of piperidine rings is 1. The van der Waals surface area contributed by atoms with Crippen LogP contribution in [0.5, 0.6) is 0 Å². The smallest absolute Gasteiger partial charge is 0.376 e. The van der Waals surface area contributed by atoms with E-state index in [0.717, 1.165) is 13.1 Å². The SMILES string of the molecule is CB(O)N(C)[C@@H]1CCCNC1. The summed E-state index contributed by atoms with van der Waals surface area (Å²) in [5.41, 5.74) is 0. The number of rotatable bonds is 2. The maximum absolute atomic E-state index is 9.27. The average molecular weight is 156 g/mol. The van der Waals surface area contributed by atoms with Crippen LogP contribution in [0.15, 0.2) is 0 Å². The van der Waals surface area contributed by atoms with Crippen LogP contribution < -0.4 is 5.32 Å². The molecule has 1 aliphatic heterocycles. The van der Waals surface area contributed by atoms with Crippen molar-refractivity contribution in [2.75, 3.05) is 20.1 Å². The number of hydrogen-bond acceptors (Lipinski definition) is 3. The van der Waals surface area contributed by atoms with Gasteiger partial charge >= 0.3 is 7.05 Å². The first-order valence-electron chi connectivity index (χ1n) is 4.32. The minimum atomic E-state index is -0.320. The summed E-state index contributed by atoms with van der Waals surface area (Å²) in [5, 5.41) is 12.6. The zero-order valence-corrected chi connectivity index (χ0v) is 7.38. The molecule has 0 amide bonds. The van der Waals surface area contributed by atoms with Crippen molar-refractivity contribution in [3.63, 3.8) is 0 Å². The molecule has 1 atom stereocenters. The Bertz CT molecular complexity index is 115. The molecular weight excluding hydrogens is 139 g/mol. The van der Waals surface area contributed by atoms with Crippen LogP contribution in [0.4, 0.5) is 0 Å². The van der Waals surface area contributed by atoms with E-state index in [-0.39, 0.29) is 7.05 Å². The first-order valence-corrected chi connectivity index (χ1v) is 4.32. The summed E-state index contributed by atoms with van der Waals surface area (Å²) in [6, 6.07) is 0.517. The maximum Gasteiger partial charge on any atom is 0.376 e. The maximum atomic E-state index is 9.27. The predicted molar refractivity (Wildman–Crippen MR) is 47.5 cm³/mol. The fourth-order valence-corrected chi connectivity index (χ4v) is 1.49. The molecular formula is C7H17BN2O. The number of hydrogen-bond donors (Lipinski definition) is 2. The van der Waals surface area contributed by atoms with Crippen molar-refractivity contribution in [2.45, 2.75) is 25.7 Å². The normalized spacial score (nSPS) is 25.6. The van der Waals surface area contributed by atoms with Gasteiger partial charge in [0.15, 0.2) is 0 Å². The van der Waals surface area contributed by atoms with Gasteiger partial charge in [-0.1, -0.05) is 0 Å². The van der Waals surface area contributed by atoms with Gasteiger partial charge in [-0.05, 0) is 33.3 Å². The Kier molecular flexibility index (Phi) is 3.36. The first-order chi connectivity index (χ1) is 5.22. The van der Waals surface area contributed by atoms with E-state index in [4.69, 9.17) is 0 Å². The van der Waals surface area contributed by atoms with Crippen LogP contribution in [0, 0.1) is 0 Å². The summed E-state index contributed by atoms with van der Waals surface area (Å²) >= 11 is 0. The van der Waals surface area contributed by atoms with Crippen LogP contribution >= 0.6 is 0 Å². The van der Waals surface area contributed by atoms with Crippen molar-refractivity contribution in [2.24, 2.45) is 0 Å². The number of likely N-dealkylation sites (N-methyl/N-ethyl adjacent to an activating group) is 1. The van der Waals surface area contributed by atoms with Crippen LogP contribution in [0.1, 0.15) is 12.8 Å². The quantitative estimate of drug-likeness (QED) is 0.542. The highest BCUT2D eigenvalue weighted by atomic mass is 16.2. The molecule has 0 unspecified atom stereocenters. The lowest BCUT2D eigenvalue weighted by atomic mass is 9.82. The molecule has 0 saturated carbocycles. The second-order valence-corrected chi connectivity index (χ2v) is 3.30. The molecule has 0 aromatic heterocycles. The molecule has 0 spiro atoms. The Labute approximate surface area is 68.9 Å². The van der Waals surface area contributed by atoms with Gasteiger partial charge in [-0.15, -0.1) is 0 Å². The molecule has 4 heteroatoms. The van der Waals surface area contributed by atoms with Gasteiger partial charge in [0.25, 0.3) is 0 Å². The molecule has 0 aromatic rings. The first kappa shape index (κ1) is 9.04. The summed E-state index contributed by atoms with van der Waals surface area (Å²) in [6.45, 7) is 3.96. The van der Waals surface area contributed by atoms with Gasteiger partial charge in [0.05, 0.1) is 0 Å². The van der Waals surface area contributed by atoms with Crippen molar-refractivity contribution in [3.05, 3.63) is 0 Å². The third-order valence-electron chi connectivity index (χ3n) is 2.44. The van der Waals surface area contributed by atoms with E-state index in [0.29, 0.717) is 6.04 Å². The van der Waals surface area contributed by atoms with Crippen molar-refractivity contribution in [1.29, 1.82) is 0 Å². The van der Waals surface area contributed by atoms with E-state index in [1.54, 1.807) is 0 Å². The Morgan fingerprint density at radius 1 is 1.64 bits per heavy atom. The molecule has 0 bridgehead atoms. The molecule has 2 N–H and O–H groups in total. The highest BCUT2D eigenvalue weighted by Crippen LogP contribution is 2.08. The van der Waals surface area contributed by atoms with Crippen LogP contribution in [-0.2, 0) is 0 Å². The number of nitrogens with zero attached hydrogens (tertiary/aromatic N) is 1. The van der Waals surface area contributed by atoms with E-state index in [9.17, 15) is 5.02 Å². The Morgan fingerprint density at radius 3 is 2.82 bits per heavy atom. The minimum Gasteiger partial charge on any atom is -0.437 e. The molecule has 1 heterocycles. The van der Waals surface area contributed by atoms with Crippen molar-refractivity contribution >= 4 is 7.05 Å². The predicted octanol–water partition coefficient (Wildman–Crippen LogP) is -0.219. The molecule has 64 valence electrons. The van der Waals surface area contributed by atoms with Crippen LogP contribution in [0.2, 0.25) is 6.82 Å². The second kappa shape index (κ2) is 4.09. The van der Waals surface area contributed by atoms with E-state index < -0.39 is 0 Å². The Morgan fingerprint density at radius 2 is 2.36 bits per heavy atom. The molecule has 0 radical (unpaired) electrons. The Balaban J connectivity index is 2.32. The summed E-state index contributed by atoms with van der Waals surface area (Å²) in [7, 11) is 1.65. The van der Waals surface area contributed by atoms with Gasteiger partial charge in [0.2, 0.25) is 0 Å². The molecule has 1 fully saturated rings. The third-order valence-corrected chi connectivity index (χ3v) is 2.44. The molecule has 1 saturated heterocycles. The van der Waals surface area contributed by atoms with E-state index in [2.05, 4.69) is 5.32 Å². The lowest BCUT2D eigenvalue weighted by molar-refractivity contribution is 0.274. The van der Waals surface area contributed by atoms with Gasteiger partial charge in [0, 0.05) is 12.6 Å². The fraction of sp³-hybridized carbons (Fsp3) is 1.00. The van der Waals surface area contributed by atoms with Gasteiger partial charge in [-0.2, -0.15) is 0 Å². The van der Waals surface area contributed by atoms with E-state index >= 15 is 0 Å².